The Kier molecular flexibility index (Phi) is 4.11. The third kappa shape index (κ3) is 3.05. The van der Waals surface area contributed by atoms with Gasteiger partial charge in [-0.2, -0.15) is 18.3 Å². The van der Waals surface area contributed by atoms with E-state index in [-0.39, 0.29) is 12.8 Å². The number of hydrogen-bond acceptors (Lipinski definition) is 2. The Morgan fingerprint density at radius 2 is 2.16 bits per heavy atom. The smallest absolute Gasteiger partial charge is 0.386 e. The van der Waals surface area contributed by atoms with E-state index < -0.39 is 24.1 Å². The normalized spacial score (nSPS) is 26.4. The van der Waals surface area contributed by atoms with Gasteiger partial charge < -0.3 is 5.11 Å². The van der Waals surface area contributed by atoms with Gasteiger partial charge in [-0.25, -0.2) is 0 Å². The van der Waals surface area contributed by atoms with E-state index in [4.69, 9.17) is 11.6 Å². The molecule has 7 heteroatoms. The predicted molar refractivity (Wildman–Crippen MR) is 64.7 cm³/mol. The van der Waals surface area contributed by atoms with Crippen LogP contribution in [0.15, 0.2) is 6.20 Å². The number of hydrogen-bond donors (Lipinski definition) is 1. The highest BCUT2D eigenvalue weighted by molar-refractivity contribution is 6.31. The van der Waals surface area contributed by atoms with E-state index in [0.717, 1.165) is 0 Å². The molecule has 0 amide bonds. The molecule has 1 fully saturated rings. The van der Waals surface area contributed by atoms with E-state index in [1.165, 1.54) is 10.9 Å². The Balaban J connectivity index is 2.14. The number of halogens is 4. The van der Waals surface area contributed by atoms with Gasteiger partial charge in [-0.1, -0.05) is 18.0 Å². The minimum atomic E-state index is -4.19. The third-order valence-corrected chi connectivity index (χ3v) is 4.13. The first-order valence-corrected chi connectivity index (χ1v) is 6.60. The van der Waals surface area contributed by atoms with Crippen LogP contribution >= 0.6 is 11.6 Å². The van der Waals surface area contributed by atoms with Gasteiger partial charge in [0, 0.05) is 7.05 Å². The lowest BCUT2D eigenvalue weighted by atomic mass is 9.77. The van der Waals surface area contributed by atoms with Gasteiger partial charge in [0.1, 0.15) is 0 Å². The van der Waals surface area contributed by atoms with Crippen LogP contribution in [0, 0.1) is 11.8 Å². The number of nitrogens with zero attached hydrogens (tertiary/aromatic N) is 2. The fourth-order valence-electron chi connectivity index (χ4n) is 2.79. The van der Waals surface area contributed by atoms with Crippen molar-refractivity contribution in [1.29, 1.82) is 0 Å². The molecule has 19 heavy (non-hydrogen) atoms. The van der Waals surface area contributed by atoms with Crippen molar-refractivity contribution < 1.29 is 18.3 Å². The second kappa shape index (κ2) is 5.32. The average molecular weight is 297 g/mol. The van der Waals surface area contributed by atoms with Crippen molar-refractivity contribution in [3.05, 3.63) is 16.9 Å². The zero-order chi connectivity index (χ0) is 14.2. The maximum absolute atomic E-state index is 12.8. The Morgan fingerprint density at radius 1 is 1.47 bits per heavy atom. The van der Waals surface area contributed by atoms with Crippen LogP contribution in [-0.4, -0.2) is 21.1 Å². The second-order valence-corrected chi connectivity index (χ2v) is 5.52. The average Bonchev–Trinajstić information content (AvgIpc) is 2.67. The predicted octanol–water partition coefficient (Wildman–Crippen LogP) is 3.48. The summed E-state index contributed by atoms with van der Waals surface area (Å²) in [6.07, 6.45) is -2.64. The van der Waals surface area contributed by atoms with Crippen LogP contribution in [0.3, 0.4) is 0 Å². The lowest BCUT2D eigenvalue weighted by Crippen LogP contribution is -2.31. The Hall–Kier alpha value is -0.750. The van der Waals surface area contributed by atoms with E-state index in [0.29, 0.717) is 23.6 Å². The summed E-state index contributed by atoms with van der Waals surface area (Å²) < 4.78 is 39.7. The van der Waals surface area contributed by atoms with Gasteiger partial charge in [0.15, 0.2) is 0 Å². The SMILES string of the molecule is Cn1ncc(Cl)c1C(O)C1CCCC(C(F)(F)F)C1. The van der Waals surface area contributed by atoms with Gasteiger partial charge >= 0.3 is 6.18 Å². The van der Waals surface area contributed by atoms with Gasteiger partial charge in [-0.05, 0) is 25.2 Å². The molecule has 1 saturated carbocycles. The summed E-state index contributed by atoms with van der Waals surface area (Å²) in [5.74, 6) is -1.75. The van der Waals surface area contributed by atoms with Crippen molar-refractivity contribution in [3.63, 3.8) is 0 Å². The van der Waals surface area contributed by atoms with Gasteiger partial charge in [-0.15, -0.1) is 0 Å². The molecule has 0 saturated heterocycles. The molecular weight excluding hydrogens is 281 g/mol. The Labute approximate surface area is 114 Å². The number of rotatable bonds is 2. The molecular formula is C12H16ClF3N2O. The van der Waals surface area contributed by atoms with E-state index in [1.807, 2.05) is 0 Å². The summed E-state index contributed by atoms with van der Waals surface area (Å²) in [4.78, 5) is 0. The van der Waals surface area contributed by atoms with E-state index in [1.54, 1.807) is 7.05 Å². The number of alkyl halides is 3. The zero-order valence-corrected chi connectivity index (χ0v) is 11.2. The summed E-state index contributed by atoms with van der Waals surface area (Å²) >= 11 is 5.92. The summed E-state index contributed by atoms with van der Waals surface area (Å²) in [6.45, 7) is 0. The highest BCUT2D eigenvalue weighted by Crippen LogP contribution is 2.44. The summed E-state index contributed by atoms with van der Waals surface area (Å²) in [7, 11) is 1.62. The molecule has 1 aliphatic carbocycles. The standard InChI is InChI=1S/C12H16ClF3N2O/c1-18-10(9(13)6-17-18)11(19)7-3-2-4-8(5-7)12(14,15)16/h6-8,11,19H,2-5H2,1H3. The molecule has 0 bridgehead atoms. The minimum absolute atomic E-state index is 0.0494. The minimum Gasteiger partial charge on any atom is -0.386 e. The molecule has 2 rings (SSSR count). The lowest BCUT2D eigenvalue weighted by molar-refractivity contribution is -0.189. The molecule has 1 aromatic heterocycles. The van der Waals surface area contributed by atoms with Crippen molar-refractivity contribution in [2.24, 2.45) is 18.9 Å². The topological polar surface area (TPSA) is 38.0 Å². The van der Waals surface area contributed by atoms with E-state index in [2.05, 4.69) is 5.10 Å². The fourth-order valence-corrected chi connectivity index (χ4v) is 3.07. The molecule has 1 aromatic rings. The third-order valence-electron chi connectivity index (χ3n) is 3.84. The molecule has 0 aromatic carbocycles. The number of aryl methyl sites for hydroxylation is 1. The molecule has 0 aliphatic heterocycles. The Morgan fingerprint density at radius 3 is 2.68 bits per heavy atom. The van der Waals surface area contributed by atoms with Gasteiger partial charge in [0.2, 0.25) is 0 Å². The highest BCUT2D eigenvalue weighted by atomic mass is 35.5. The van der Waals surface area contributed by atoms with Crippen LogP contribution in [0.25, 0.3) is 0 Å². The largest absolute Gasteiger partial charge is 0.391 e. The van der Waals surface area contributed by atoms with Crippen LogP contribution in [0.4, 0.5) is 13.2 Å². The van der Waals surface area contributed by atoms with Gasteiger partial charge in [-0.3, -0.25) is 4.68 Å². The summed E-state index contributed by atoms with van der Waals surface area (Å²) in [5, 5.41) is 14.5. The number of aliphatic hydroxyl groups is 1. The summed E-state index contributed by atoms with van der Waals surface area (Å²) in [5.41, 5.74) is 0.398. The van der Waals surface area contributed by atoms with Crippen molar-refractivity contribution in [2.45, 2.75) is 38.0 Å². The molecule has 3 unspecified atom stereocenters. The number of aromatic nitrogens is 2. The molecule has 3 nitrogen and oxygen atoms in total. The molecule has 1 aliphatic rings. The first kappa shape index (κ1) is 14.7. The van der Waals surface area contributed by atoms with Crippen molar-refractivity contribution in [3.8, 4) is 0 Å². The molecule has 0 spiro atoms. The fraction of sp³-hybridized carbons (Fsp3) is 0.750. The number of aliphatic hydroxyl groups excluding tert-OH is 1. The van der Waals surface area contributed by atoms with Gasteiger partial charge in [0.05, 0.1) is 28.9 Å². The zero-order valence-electron chi connectivity index (χ0n) is 10.5. The van der Waals surface area contributed by atoms with Crippen LogP contribution in [0.2, 0.25) is 5.02 Å². The maximum Gasteiger partial charge on any atom is 0.391 e. The molecule has 108 valence electrons. The van der Waals surface area contributed by atoms with Crippen molar-refractivity contribution >= 4 is 11.6 Å². The van der Waals surface area contributed by atoms with Gasteiger partial charge in [0.25, 0.3) is 0 Å². The molecule has 0 radical (unpaired) electrons. The summed E-state index contributed by atoms with van der Waals surface area (Å²) in [6, 6.07) is 0. The van der Waals surface area contributed by atoms with E-state index in [9.17, 15) is 18.3 Å². The van der Waals surface area contributed by atoms with Crippen LogP contribution < -0.4 is 0 Å². The first-order valence-electron chi connectivity index (χ1n) is 6.23. The van der Waals surface area contributed by atoms with Crippen LogP contribution in [0.1, 0.15) is 37.5 Å². The molecule has 1 heterocycles. The molecule has 1 N–H and O–H groups in total. The second-order valence-electron chi connectivity index (χ2n) is 5.11. The maximum atomic E-state index is 12.8. The van der Waals surface area contributed by atoms with Crippen molar-refractivity contribution in [2.75, 3.05) is 0 Å². The monoisotopic (exact) mass is 296 g/mol. The molecule has 3 atom stereocenters. The first-order chi connectivity index (χ1) is 8.80. The lowest BCUT2D eigenvalue weighted by Gasteiger charge is -2.33. The van der Waals surface area contributed by atoms with Crippen LogP contribution in [0.5, 0.6) is 0 Å². The highest BCUT2D eigenvalue weighted by Gasteiger charge is 2.44. The van der Waals surface area contributed by atoms with Crippen LogP contribution in [-0.2, 0) is 7.05 Å². The van der Waals surface area contributed by atoms with E-state index >= 15 is 0 Å². The quantitative estimate of drug-likeness (QED) is 0.907. The Bertz CT molecular complexity index is 427. The van der Waals surface area contributed by atoms with Crippen molar-refractivity contribution in [1.82, 2.24) is 9.78 Å².